The summed E-state index contributed by atoms with van der Waals surface area (Å²) in [6.07, 6.45) is 0. The molecular weight excluding hydrogens is 386 g/mol. The van der Waals surface area contributed by atoms with Gasteiger partial charge in [0.05, 0.1) is 18.0 Å². The molecule has 3 rings (SSSR count). The van der Waals surface area contributed by atoms with E-state index in [9.17, 15) is 10.2 Å². The average molecular weight is 412 g/mol. The van der Waals surface area contributed by atoms with Crippen LogP contribution in [-0.4, -0.2) is 15.2 Å². The van der Waals surface area contributed by atoms with E-state index in [2.05, 4.69) is 29.2 Å². The second-order valence-electron chi connectivity index (χ2n) is 6.56. The maximum atomic E-state index is 10.4. The number of hydrogen-bond acceptors (Lipinski definition) is 5. The largest absolute Gasteiger partial charge is 0.506 e. The van der Waals surface area contributed by atoms with E-state index in [0.717, 1.165) is 28.5 Å². The topological polar surface area (TPSA) is 53.4 Å². The summed E-state index contributed by atoms with van der Waals surface area (Å²) in [6, 6.07) is 20.7. The van der Waals surface area contributed by atoms with Crippen LogP contribution in [0.5, 0.6) is 5.75 Å². The molecule has 28 heavy (non-hydrogen) atoms. The number of aromatic hydroxyl groups is 1. The second kappa shape index (κ2) is 10.6. The van der Waals surface area contributed by atoms with E-state index < -0.39 is 0 Å². The first-order chi connectivity index (χ1) is 13.7. The monoisotopic (exact) mass is 411 g/mol. The molecule has 0 aliphatic carbocycles. The van der Waals surface area contributed by atoms with Crippen molar-refractivity contribution in [2.75, 3.05) is 0 Å². The van der Waals surface area contributed by atoms with Gasteiger partial charge in [-0.3, -0.25) is 4.98 Å². The van der Waals surface area contributed by atoms with Crippen molar-refractivity contribution in [2.24, 2.45) is 0 Å². The lowest BCUT2D eigenvalue weighted by molar-refractivity contribution is 0.273. The molecule has 0 fully saturated rings. The molecule has 0 aliphatic rings. The molecule has 0 unspecified atom stereocenters. The van der Waals surface area contributed by atoms with E-state index in [1.54, 1.807) is 30.4 Å². The Hall–Kier alpha value is -1.95. The minimum absolute atomic E-state index is 0.120. The lowest BCUT2D eigenvalue weighted by Gasteiger charge is -2.16. The molecule has 5 heteroatoms. The van der Waals surface area contributed by atoms with Gasteiger partial charge in [-0.05, 0) is 23.6 Å². The number of aliphatic hydroxyl groups is 1. The van der Waals surface area contributed by atoms with Gasteiger partial charge in [-0.25, -0.2) is 0 Å². The third-order valence-electron chi connectivity index (χ3n) is 4.51. The van der Waals surface area contributed by atoms with E-state index in [1.807, 2.05) is 36.4 Å². The molecule has 0 saturated heterocycles. The summed E-state index contributed by atoms with van der Waals surface area (Å²) in [5.41, 5.74) is 5.67. The van der Waals surface area contributed by atoms with Crippen molar-refractivity contribution >= 4 is 23.5 Å². The van der Waals surface area contributed by atoms with E-state index in [-0.39, 0.29) is 12.4 Å². The highest BCUT2D eigenvalue weighted by molar-refractivity contribution is 7.98. The standard InChI is InChI=1S/C23H25NO2S2/c1-17-23(26)20(12-25)21(15-27-13-18-8-4-2-5-9-18)22(24-17)16-28-14-19-10-6-3-7-11-19/h2-11,25-26H,12-16H2,1H3. The lowest BCUT2D eigenvalue weighted by atomic mass is 10.1. The number of benzene rings is 2. The van der Waals surface area contributed by atoms with Crippen LogP contribution in [0.2, 0.25) is 0 Å². The molecule has 0 aliphatic heterocycles. The first-order valence-electron chi connectivity index (χ1n) is 9.23. The summed E-state index contributed by atoms with van der Waals surface area (Å²) in [7, 11) is 0. The second-order valence-corrected chi connectivity index (χ2v) is 8.54. The Bertz CT molecular complexity index is 886. The molecule has 0 radical (unpaired) electrons. The number of rotatable bonds is 9. The van der Waals surface area contributed by atoms with Crippen molar-refractivity contribution in [3.8, 4) is 5.75 Å². The molecular formula is C23H25NO2S2. The fourth-order valence-electron chi connectivity index (χ4n) is 3.00. The van der Waals surface area contributed by atoms with Crippen LogP contribution < -0.4 is 0 Å². The van der Waals surface area contributed by atoms with Gasteiger partial charge < -0.3 is 10.2 Å². The van der Waals surface area contributed by atoms with E-state index >= 15 is 0 Å². The van der Waals surface area contributed by atoms with Crippen molar-refractivity contribution in [3.63, 3.8) is 0 Å². The predicted molar refractivity (Wildman–Crippen MR) is 119 cm³/mol. The lowest BCUT2D eigenvalue weighted by Crippen LogP contribution is -2.05. The van der Waals surface area contributed by atoms with E-state index in [1.165, 1.54) is 11.1 Å². The number of hydrogen-bond donors (Lipinski definition) is 2. The molecule has 146 valence electrons. The van der Waals surface area contributed by atoms with Crippen molar-refractivity contribution < 1.29 is 10.2 Å². The quantitative estimate of drug-likeness (QED) is 0.490. The molecule has 0 atom stereocenters. The van der Waals surface area contributed by atoms with Gasteiger partial charge in [0.25, 0.3) is 0 Å². The van der Waals surface area contributed by atoms with Gasteiger partial charge in [0, 0.05) is 28.6 Å². The number of nitrogens with zero attached hydrogens (tertiary/aromatic N) is 1. The zero-order chi connectivity index (χ0) is 19.8. The Morgan fingerprint density at radius 1 is 0.750 bits per heavy atom. The highest BCUT2D eigenvalue weighted by atomic mass is 32.2. The van der Waals surface area contributed by atoms with Gasteiger partial charge in [0.15, 0.2) is 0 Å². The zero-order valence-corrected chi connectivity index (χ0v) is 17.6. The molecule has 0 bridgehead atoms. The van der Waals surface area contributed by atoms with Gasteiger partial charge in [0.2, 0.25) is 0 Å². The highest BCUT2D eigenvalue weighted by Crippen LogP contribution is 2.32. The Balaban J connectivity index is 1.72. The summed E-state index contributed by atoms with van der Waals surface area (Å²) in [6.45, 7) is 1.62. The Labute approximate surface area is 175 Å². The highest BCUT2D eigenvalue weighted by Gasteiger charge is 2.17. The SMILES string of the molecule is Cc1nc(CSCc2ccccc2)c(CSCc2ccccc2)c(CO)c1O. The number of aryl methyl sites for hydroxylation is 1. The number of thioether (sulfide) groups is 2. The van der Waals surface area contributed by atoms with Gasteiger partial charge in [-0.2, -0.15) is 23.5 Å². The molecule has 3 nitrogen and oxygen atoms in total. The van der Waals surface area contributed by atoms with Gasteiger partial charge in [-0.1, -0.05) is 60.7 Å². The maximum Gasteiger partial charge on any atom is 0.142 e. The molecule has 1 aromatic heterocycles. The van der Waals surface area contributed by atoms with Crippen LogP contribution in [0.4, 0.5) is 0 Å². The van der Waals surface area contributed by atoms with Crippen LogP contribution in [-0.2, 0) is 29.6 Å². The van der Waals surface area contributed by atoms with Gasteiger partial charge in [-0.15, -0.1) is 0 Å². The molecule has 0 spiro atoms. The third-order valence-corrected chi connectivity index (χ3v) is 6.56. The smallest absolute Gasteiger partial charge is 0.142 e. The minimum Gasteiger partial charge on any atom is -0.506 e. The van der Waals surface area contributed by atoms with E-state index in [0.29, 0.717) is 17.0 Å². The van der Waals surface area contributed by atoms with Gasteiger partial charge in [0.1, 0.15) is 5.75 Å². The number of pyridine rings is 1. The first-order valence-corrected chi connectivity index (χ1v) is 11.5. The molecule has 3 aromatic rings. The molecule has 0 amide bonds. The van der Waals surface area contributed by atoms with Crippen LogP contribution in [0.1, 0.15) is 33.6 Å². The minimum atomic E-state index is -0.174. The van der Waals surface area contributed by atoms with Crippen molar-refractivity contribution in [3.05, 3.63) is 94.3 Å². The summed E-state index contributed by atoms with van der Waals surface area (Å²) < 4.78 is 0. The Kier molecular flexibility index (Phi) is 7.83. The van der Waals surface area contributed by atoms with Gasteiger partial charge >= 0.3 is 0 Å². The van der Waals surface area contributed by atoms with Crippen molar-refractivity contribution in [1.29, 1.82) is 0 Å². The van der Waals surface area contributed by atoms with Crippen LogP contribution in [0.3, 0.4) is 0 Å². The Morgan fingerprint density at radius 2 is 1.29 bits per heavy atom. The summed E-state index contributed by atoms with van der Waals surface area (Å²) >= 11 is 3.58. The average Bonchev–Trinajstić information content (AvgIpc) is 2.73. The first kappa shape index (κ1) is 20.8. The maximum absolute atomic E-state index is 10.4. The molecule has 2 aromatic carbocycles. The molecule has 2 N–H and O–H groups in total. The third kappa shape index (κ3) is 5.53. The van der Waals surface area contributed by atoms with Crippen LogP contribution in [0, 0.1) is 6.92 Å². The summed E-state index contributed by atoms with van der Waals surface area (Å²) in [5.74, 6) is 3.39. The summed E-state index contributed by atoms with van der Waals surface area (Å²) in [5, 5.41) is 20.2. The molecule has 0 saturated carbocycles. The normalized spacial score (nSPS) is 10.9. The zero-order valence-electron chi connectivity index (χ0n) is 16.0. The fraction of sp³-hybridized carbons (Fsp3) is 0.261. The fourth-order valence-corrected chi connectivity index (χ4v) is 5.04. The van der Waals surface area contributed by atoms with E-state index in [4.69, 9.17) is 0 Å². The van der Waals surface area contributed by atoms with Crippen LogP contribution in [0.25, 0.3) is 0 Å². The number of aromatic nitrogens is 1. The number of aliphatic hydroxyl groups excluding tert-OH is 1. The Morgan fingerprint density at radius 3 is 1.82 bits per heavy atom. The predicted octanol–water partition coefficient (Wildman–Crippen LogP) is 5.45. The van der Waals surface area contributed by atoms with Crippen molar-refractivity contribution in [2.45, 2.75) is 36.5 Å². The van der Waals surface area contributed by atoms with Crippen LogP contribution >= 0.6 is 23.5 Å². The van der Waals surface area contributed by atoms with Crippen molar-refractivity contribution in [1.82, 2.24) is 4.98 Å². The molecule has 1 heterocycles. The summed E-state index contributed by atoms with van der Waals surface area (Å²) in [4.78, 5) is 4.64. The van der Waals surface area contributed by atoms with Crippen LogP contribution in [0.15, 0.2) is 60.7 Å².